The maximum absolute atomic E-state index is 16.4. The van der Waals surface area contributed by atoms with Crippen LogP contribution in [0.15, 0.2) is 24.5 Å². The predicted molar refractivity (Wildman–Crippen MR) is 172 cm³/mol. The molecule has 0 aliphatic carbocycles. The lowest BCUT2D eigenvalue weighted by Crippen LogP contribution is -2.56. The summed E-state index contributed by atoms with van der Waals surface area (Å²) < 4.78 is 38.0. The van der Waals surface area contributed by atoms with Gasteiger partial charge in [0, 0.05) is 28.9 Å². The number of carbonyl (C=O) groups excluding carboxylic acids is 3. The first kappa shape index (κ1) is 33.9. The van der Waals surface area contributed by atoms with Crippen LogP contribution < -0.4 is 20.3 Å². The van der Waals surface area contributed by atoms with Crippen molar-refractivity contribution in [1.29, 1.82) is 0 Å². The molecule has 4 heterocycles. The highest BCUT2D eigenvalue weighted by Crippen LogP contribution is 2.42. The Kier molecular flexibility index (Phi) is 8.95. The number of ether oxygens (including phenoxy) is 4. The second-order valence-corrected chi connectivity index (χ2v) is 13.3. The lowest BCUT2D eigenvalue weighted by atomic mass is 9.96. The Bertz CT molecular complexity index is 1800. The molecule has 1 saturated heterocycles. The van der Waals surface area contributed by atoms with Gasteiger partial charge in [-0.3, -0.25) is 15.5 Å². The van der Waals surface area contributed by atoms with Crippen molar-refractivity contribution in [1.82, 2.24) is 14.9 Å². The number of benzene rings is 1. The molecule has 0 unspecified atom stereocenters. The number of amides is 4. The van der Waals surface area contributed by atoms with Crippen molar-refractivity contribution in [3.8, 4) is 17.0 Å². The van der Waals surface area contributed by atoms with Gasteiger partial charge in [-0.15, -0.1) is 0 Å². The maximum Gasteiger partial charge on any atom is 0.413 e. The van der Waals surface area contributed by atoms with Gasteiger partial charge in [0.05, 0.1) is 25.3 Å². The van der Waals surface area contributed by atoms with Crippen molar-refractivity contribution in [3.05, 3.63) is 35.9 Å². The topological polar surface area (TPSA) is 182 Å². The molecule has 2 aliphatic rings. The summed E-state index contributed by atoms with van der Waals surface area (Å²) in [6.07, 6.45) is -1.40. The monoisotopic (exact) mass is 668 g/mol. The van der Waals surface area contributed by atoms with Crippen molar-refractivity contribution in [2.24, 2.45) is 0 Å². The summed E-state index contributed by atoms with van der Waals surface area (Å²) in [6.45, 7) is 12.3. The summed E-state index contributed by atoms with van der Waals surface area (Å²) in [7, 11) is 0. The Hall–Kier alpha value is -5.41. The Morgan fingerprint density at radius 1 is 0.958 bits per heavy atom. The molecule has 0 spiro atoms. The molecule has 3 aromatic rings. The van der Waals surface area contributed by atoms with Crippen LogP contribution in [0.3, 0.4) is 0 Å². The lowest BCUT2D eigenvalue weighted by molar-refractivity contribution is -0.0339. The number of fused-ring (bicyclic) bond motifs is 2. The van der Waals surface area contributed by atoms with Gasteiger partial charge in [0.2, 0.25) is 5.88 Å². The van der Waals surface area contributed by atoms with Gasteiger partial charge in [-0.2, -0.15) is 0 Å². The summed E-state index contributed by atoms with van der Waals surface area (Å²) >= 11 is 0. The van der Waals surface area contributed by atoms with Crippen molar-refractivity contribution in [3.63, 3.8) is 0 Å². The second kappa shape index (κ2) is 12.7. The minimum Gasteiger partial charge on any atom is -0.474 e. The molecule has 3 N–H and O–H groups in total. The summed E-state index contributed by atoms with van der Waals surface area (Å²) in [4.78, 5) is 60.6. The van der Waals surface area contributed by atoms with E-state index in [4.69, 9.17) is 18.9 Å². The molecule has 15 nitrogen and oxygen atoms in total. The first-order valence-corrected chi connectivity index (χ1v) is 15.1. The van der Waals surface area contributed by atoms with E-state index in [2.05, 4.69) is 20.6 Å². The van der Waals surface area contributed by atoms with E-state index in [1.807, 2.05) is 0 Å². The molecular weight excluding hydrogens is 631 g/mol. The van der Waals surface area contributed by atoms with E-state index in [0.717, 1.165) is 4.90 Å². The van der Waals surface area contributed by atoms with Gasteiger partial charge in [0.25, 0.3) is 0 Å². The molecule has 0 radical (unpaired) electrons. The van der Waals surface area contributed by atoms with Crippen LogP contribution in [0.4, 0.5) is 40.8 Å². The number of anilines is 3. The number of hydrogen-bond donors (Lipinski definition) is 3. The van der Waals surface area contributed by atoms with Crippen molar-refractivity contribution in [2.45, 2.75) is 65.8 Å². The number of aromatic nitrogens is 2. The van der Waals surface area contributed by atoms with E-state index in [9.17, 15) is 24.3 Å². The summed E-state index contributed by atoms with van der Waals surface area (Å²) in [5.74, 6) is -0.700. The minimum atomic E-state index is -1.22. The van der Waals surface area contributed by atoms with E-state index >= 15 is 4.39 Å². The summed E-state index contributed by atoms with van der Waals surface area (Å²) in [5, 5.41) is 15.3. The van der Waals surface area contributed by atoms with Gasteiger partial charge in [0.1, 0.15) is 35.4 Å². The van der Waals surface area contributed by atoms with Gasteiger partial charge in [-0.1, -0.05) is 0 Å². The molecule has 0 saturated carbocycles. The number of nitrogens with zero attached hydrogens (tertiary/aromatic N) is 4. The number of carbonyl (C=O) groups is 4. The number of likely N-dealkylation sites (tertiary alicyclic amines) is 1. The second-order valence-electron chi connectivity index (χ2n) is 13.3. The van der Waals surface area contributed by atoms with Crippen molar-refractivity contribution >= 4 is 52.3 Å². The van der Waals surface area contributed by atoms with Crippen LogP contribution in [0.2, 0.25) is 0 Å². The quantitative estimate of drug-likeness (QED) is 0.272. The van der Waals surface area contributed by atoms with E-state index in [1.165, 1.54) is 29.4 Å². The van der Waals surface area contributed by atoms with Crippen LogP contribution in [0.5, 0.6) is 5.88 Å². The SMILES string of the molecule is Cc1c(-c2cc3cc(NC(=O)OC4CN(C(=O)OC(C)(C)C)C4)ncc3c(NC(=O)OC(C)(C)C)c2F)cnc2c1N(C(=O)O)CCO2. The minimum absolute atomic E-state index is 0.0197. The standard InChI is InChI=1S/C32H37FN6O9/c1-16-20(12-35-26-25(16)39(29(42)43)8-9-45-26)19-10-17-11-22(34-13-21(17)24(23(19)33)37-28(41)47-31(2,3)4)36-27(40)46-18-14-38(15-18)30(44)48-32(5,6)7/h10-13,18H,8-9,14-15H2,1-7H3,(H,37,41)(H,42,43)(H,34,36,40). The normalized spacial score (nSPS) is 14.8. The summed E-state index contributed by atoms with van der Waals surface area (Å²) in [6, 6.07) is 2.93. The first-order valence-electron chi connectivity index (χ1n) is 15.1. The zero-order valence-corrected chi connectivity index (χ0v) is 27.6. The number of rotatable bonds is 4. The van der Waals surface area contributed by atoms with Gasteiger partial charge < -0.3 is 29.0 Å². The highest BCUT2D eigenvalue weighted by Gasteiger charge is 2.36. The fourth-order valence-electron chi connectivity index (χ4n) is 5.14. The highest BCUT2D eigenvalue weighted by molar-refractivity contribution is 6.05. The third-order valence-electron chi connectivity index (χ3n) is 7.21. The molecule has 0 atom stereocenters. The van der Waals surface area contributed by atoms with Gasteiger partial charge in [-0.25, -0.2) is 33.5 Å². The number of halogens is 1. The van der Waals surface area contributed by atoms with Crippen LogP contribution in [-0.2, 0) is 14.2 Å². The van der Waals surface area contributed by atoms with Gasteiger partial charge >= 0.3 is 24.4 Å². The molecule has 256 valence electrons. The van der Waals surface area contributed by atoms with Crippen LogP contribution in [0.1, 0.15) is 47.1 Å². The van der Waals surface area contributed by atoms with Crippen molar-refractivity contribution < 1.29 is 47.6 Å². The molecule has 2 aliphatic heterocycles. The number of pyridine rings is 2. The molecule has 5 rings (SSSR count). The number of hydrogen-bond acceptors (Lipinski definition) is 10. The number of nitrogens with one attached hydrogen (secondary N) is 2. The lowest BCUT2D eigenvalue weighted by Gasteiger charge is -2.38. The largest absolute Gasteiger partial charge is 0.474 e. The molecule has 1 aromatic carbocycles. The Balaban J connectivity index is 1.46. The molecule has 4 amide bonds. The van der Waals surface area contributed by atoms with Crippen molar-refractivity contribution in [2.75, 3.05) is 41.8 Å². The highest BCUT2D eigenvalue weighted by atomic mass is 19.1. The molecule has 16 heteroatoms. The number of carboxylic acid groups (broad SMARTS) is 1. The molecule has 1 fully saturated rings. The van der Waals surface area contributed by atoms with Gasteiger partial charge in [-0.05, 0) is 71.5 Å². The third kappa shape index (κ3) is 7.42. The smallest absolute Gasteiger partial charge is 0.413 e. The Morgan fingerprint density at radius 2 is 1.65 bits per heavy atom. The van der Waals surface area contributed by atoms with Crippen LogP contribution in [-0.4, -0.2) is 87.9 Å². The van der Waals surface area contributed by atoms with E-state index in [0.29, 0.717) is 10.9 Å². The average molecular weight is 669 g/mol. The zero-order valence-electron chi connectivity index (χ0n) is 27.6. The van der Waals surface area contributed by atoms with Crippen LogP contribution in [0, 0.1) is 12.7 Å². The summed E-state index contributed by atoms with van der Waals surface area (Å²) in [5.41, 5.74) is -1.02. The fraction of sp³-hybridized carbons (Fsp3) is 0.438. The zero-order chi connectivity index (χ0) is 35.1. The predicted octanol–water partition coefficient (Wildman–Crippen LogP) is 6.14. The van der Waals surface area contributed by atoms with Gasteiger partial charge in [0.15, 0.2) is 5.82 Å². The maximum atomic E-state index is 16.4. The Morgan fingerprint density at radius 3 is 2.29 bits per heavy atom. The van der Waals surface area contributed by atoms with Crippen LogP contribution in [0.25, 0.3) is 21.9 Å². The van der Waals surface area contributed by atoms with E-state index in [-0.39, 0.29) is 65.8 Å². The molecule has 0 bridgehead atoms. The fourth-order valence-corrected chi connectivity index (χ4v) is 5.14. The van der Waals surface area contributed by atoms with E-state index in [1.54, 1.807) is 48.5 Å². The molecular formula is C32H37FN6O9. The average Bonchev–Trinajstić information content (AvgIpc) is 2.94. The van der Waals surface area contributed by atoms with E-state index < -0.39 is 47.5 Å². The third-order valence-corrected chi connectivity index (χ3v) is 7.21. The van der Waals surface area contributed by atoms with Crippen LogP contribution >= 0.6 is 0 Å². The molecule has 48 heavy (non-hydrogen) atoms. The first-order chi connectivity index (χ1) is 22.4. The Labute approximate surface area is 275 Å². The molecule has 2 aromatic heterocycles.